The first-order valence-corrected chi connectivity index (χ1v) is 7.72. The zero-order chi connectivity index (χ0) is 13.2. The maximum atomic E-state index is 11.9. The lowest BCUT2D eigenvalue weighted by molar-refractivity contribution is -0.115. The van der Waals surface area contributed by atoms with Gasteiger partial charge in [0.1, 0.15) is 0 Å². The summed E-state index contributed by atoms with van der Waals surface area (Å²) in [7, 11) is 0. The number of aryl methyl sites for hydroxylation is 2. The second kappa shape index (κ2) is 5.49. The molecule has 1 N–H and O–H groups in total. The molecule has 4 heteroatoms. The second-order valence-electron chi connectivity index (χ2n) is 5.39. The molecule has 0 aliphatic heterocycles. The molecule has 0 radical (unpaired) electrons. The number of nitrogens with one attached hydrogen (secondary N) is 1. The molecule has 0 atom stereocenters. The van der Waals surface area contributed by atoms with Crippen LogP contribution in [0.1, 0.15) is 48.2 Å². The summed E-state index contributed by atoms with van der Waals surface area (Å²) in [6.07, 6.45) is 8.16. The fourth-order valence-electron chi connectivity index (χ4n) is 3.19. The molecule has 2 aliphatic rings. The normalized spacial score (nSPS) is 16.9. The van der Waals surface area contributed by atoms with E-state index in [1.165, 1.54) is 35.4 Å². The molecule has 1 amide bonds. The van der Waals surface area contributed by atoms with Crippen molar-refractivity contribution in [1.29, 1.82) is 0 Å². The van der Waals surface area contributed by atoms with Crippen molar-refractivity contribution in [2.75, 3.05) is 11.2 Å². The number of pyridine rings is 1. The molecule has 0 spiro atoms. The number of nitrogens with zero attached hydrogens (tertiary/aromatic N) is 1. The molecule has 3 nitrogen and oxygen atoms in total. The SMILES string of the molecule is O=C(CCCl)Nc1c2c(nc3c1CCC3)CCCC2. The molecular weight excluding hydrogens is 260 g/mol. The Kier molecular flexibility index (Phi) is 3.74. The molecule has 3 rings (SSSR count). The van der Waals surface area contributed by atoms with Crippen molar-refractivity contribution in [2.24, 2.45) is 0 Å². The molecule has 1 aromatic heterocycles. The smallest absolute Gasteiger partial charge is 0.225 e. The van der Waals surface area contributed by atoms with E-state index >= 15 is 0 Å². The van der Waals surface area contributed by atoms with Gasteiger partial charge in [-0.15, -0.1) is 11.6 Å². The average molecular weight is 279 g/mol. The van der Waals surface area contributed by atoms with Crippen LogP contribution in [0.25, 0.3) is 0 Å². The van der Waals surface area contributed by atoms with E-state index in [1.807, 2.05) is 0 Å². The molecule has 0 fully saturated rings. The van der Waals surface area contributed by atoms with Gasteiger partial charge in [0.25, 0.3) is 0 Å². The van der Waals surface area contributed by atoms with E-state index in [-0.39, 0.29) is 5.91 Å². The minimum atomic E-state index is 0.0306. The quantitative estimate of drug-likeness (QED) is 0.864. The standard InChI is InChI=1S/C15H19ClN2O/c16-9-8-14(19)18-15-10-4-1-2-6-12(10)17-13-7-3-5-11(13)15/h1-9H2,(H,17,18,19). The van der Waals surface area contributed by atoms with E-state index in [1.54, 1.807) is 0 Å². The van der Waals surface area contributed by atoms with Crippen LogP contribution in [0.5, 0.6) is 0 Å². The van der Waals surface area contributed by atoms with Crippen molar-refractivity contribution in [1.82, 2.24) is 4.98 Å². The molecule has 19 heavy (non-hydrogen) atoms. The van der Waals surface area contributed by atoms with Crippen LogP contribution in [0, 0.1) is 0 Å². The van der Waals surface area contributed by atoms with Crippen LogP contribution >= 0.6 is 11.6 Å². The third kappa shape index (κ3) is 2.48. The number of rotatable bonds is 3. The minimum Gasteiger partial charge on any atom is -0.325 e. The number of carbonyl (C=O) groups is 1. The first kappa shape index (κ1) is 12.9. The highest BCUT2D eigenvalue weighted by Gasteiger charge is 2.25. The molecule has 0 saturated heterocycles. The van der Waals surface area contributed by atoms with E-state index in [9.17, 15) is 4.79 Å². The number of fused-ring (bicyclic) bond motifs is 2. The van der Waals surface area contributed by atoms with Gasteiger partial charge in [-0.1, -0.05) is 0 Å². The topological polar surface area (TPSA) is 42.0 Å². The van der Waals surface area contributed by atoms with Crippen molar-refractivity contribution in [3.05, 3.63) is 22.5 Å². The van der Waals surface area contributed by atoms with Crippen molar-refractivity contribution in [3.8, 4) is 0 Å². The zero-order valence-corrected chi connectivity index (χ0v) is 11.9. The number of alkyl halides is 1. The summed E-state index contributed by atoms with van der Waals surface area (Å²) in [5, 5.41) is 3.11. The Morgan fingerprint density at radius 3 is 2.42 bits per heavy atom. The number of aromatic nitrogens is 1. The molecule has 1 heterocycles. The van der Waals surface area contributed by atoms with Crippen LogP contribution in [0.15, 0.2) is 0 Å². The van der Waals surface area contributed by atoms with Gasteiger partial charge >= 0.3 is 0 Å². The summed E-state index contributed by atoms with van der Waals surface area (Å²) in [5.74, 6) is 0.407. The molecule has 1 aromatic rings. The van der Waals surface area contributed by atoms with Crippen molar-refractivity contribution >= 4 is 23.2 Å². The molecule has 0 saturated carbocycles. The molecule has 0 aromatic carbocycles. The van der Waals surface area contributed by atoms with Crippen LogP contribution in [0.3, 0.4) is 0 Å². The highest BCUT2D eigenvalue weighted by atomic mass is 35.5. The van der Waals surface area contributed by atoms with Gasteiger partial charge in [-0.05, 0) is 56.1 Å². The first-order valence-electron chi connectivity index (χ1n) is 7.19. The lowest BCUT2D eigenvalue weighted by atomic mass is 9.92. The highest BCUT2D eigenvalue weighted by Crippen LogP contribution is 2.35. The van der Waals surface area contributed by atoms with Crippen molar-refractivity contribution in [2.45, 2.75) is 51.4 Å². The number of amides is 1. The Morgan fingerprint density at radius 1 is 1.05 bits per heavy atom. The maximum absolute atomic E-state index is 11.9. The summed E-state index contributed by atoms with van der Waals surface area (Å²) < 4.78 is 0. The van der Waals surface area contributed by atoms with Crippen LogP contribution in [-0.4, -0.2) is 16.8 Å². The Balaban J connectivity index is 2.00. The molecule has 0 unspecified atom stereocenters. The Morgan fingerprint density at radius 2 is 1.68 bits per heavy atom. The molecule has 2 aliphatic carbocycles. The number of hydrogen-bond acceptors (Lipinski definition) is 2. The van der Waals surface area contributed by atoms with Gasteiger partial charge in [-0.3, -0.25) is 9.78 Å². The lowest BCUT2D eigenvalue weighted by Gasteiger charge is -2.22. The number of anilines is 1. The fourth-order valence-corrected chi connectivity index (χ4v) is 3.36. The van der Waals surface area contributed by atoms with Gasteiger partial charge < -0.3 is 5.32 Å². The highest BCUT2D eigenvalue weighted by molar-refractivity contribution is 6.19. The Hall–Kier alpha value is -1.09. The summed E-state index contributed by atoms with van der Waals surface area (Å²) in [6.45, 7) is 0. The van der Waals surface area contributed by atoms with Gasteiger partial charge in [-0.25, -0.2) is 0 Å². The van der Waals surface area contributed by atoms with Crippen LogP contribution < -0.4 is 5.32 Å². The zero-order valence-electron chi connectivity index (χ0n) is 11.1. The van der Waals surface area contributed by atoms with E-state index in [2.05, 4.69) is 5.32 Å². The van der Waals surface area contributed by atoms with Crippen LogP contribution in [-0.2, 0) is 30.5 Å². The van der Waals surface area contributed by atoms with Gasteiger partial charge in [0, 0.05) is 23.7 Å². The predicted molar refractivity (Wildman–Crippen MR) is 76.9 cm³/mol. The van der Waals surface area contributed by atoms with Gasteiger partial charge in [-0.2, -0.15) is 0 Å². The third-order valence-electron chi connectivity index (χ3n) is 4.09. The van der Waals surface area contributed by atoms with Gasteiger partial charge in [0.15, 0.2) is 0 Å². The average Bonchev–Trinajstić information content (AvgIpc) is 2.87. The Bertz CT molecular complexity index is 513. The van der Waals surface area contributed by atoms with Gasteiger partial charge in [0.2, 0.25) is 5.91 Å². The number of carbonyl (C=O) groups excluding carboxylic acids is 1. The first-order chi connectivity index (χ1) is 9.29. The van der Waals surface area contributed by atoms with E-state index < -0.39 is 0 Å². The maximum Gasteiger partial charge on any atom is 0.225 e. The van der Waals surface area contributed by atoms with Crippen molar-refractivity contribution in [3.63, 3.8) is 0 Å². The largest absolute Gasteiger partial charge is 0.325 e. The van der Waals surface area contributed by atoms with Crippen LogP contribution in [0.4, 0.5) is 5.69 Å². The fraction of sp³-hybridized carbons (Fsp3) is 0.600. The Labute approximate surface area is 118 Å². The summed E-state index contributed by atoms with van der Waals surface area (Å²) in [5.41, 5.74) is 6.07. The van der Waals surface area contributed by atoms with Crippen LogP contribution in [0.2, 0.25) is 0 Å². The summed E-state index contributed by atoms with van der Waals surface area (Å²) >= 11 is 5.65. The monoisotopic (exact) mass is 278 g/mol. The van der Waals surface area contributed by atoms with Crippen molar-refractivity contribution < 1.29 is 4.79 Å². The summed E-state index contributed by atoms with van der Waals surface area (Å²) in [4.78, 5) is 16.7. The number of hydrogen-bond donors (Lipinski definition) is 1. The molecular formula is C15H19ClN2O. The predicted octanol–water partition coefficient (Wildman–Crippen LogP) is 3.02. The molecule has 0 bridgehead atoms. The second-order valence-corrected chi connectivity index (χ2v) is 5.76. The van der Waals surface area contributed by atoms with Gasteiger partial charge in [0.05, 0.1) is 5.69 Å². The number of halogens is 1. The minimum absolute atomic E-state index is 0.0306. The molecule has 102 valence electrons. The van der Waals surface area contributed by atoms with E-state index in [4.69, 9.17) is 16.6 Å². The third-order valence-corrected chi connectivity index (χ3v) is 4.28. The lowest BCUT2D eigenvalue weighted by Crippen LogP contribution is -2.18. The summed E-state index contributed by atoms with van der Waals surface area (Å²) in [6, 6.07) is 0. The van der Waals surface area contributed by atoms with E-state index in [0.29, 0.717) is 12.3 Å². The van der Waals surface area contributed by atoms with E-state index in [0.717, 1.165) is 37.8 Å².